The molecule has 0 saturated heterocycles. The van der Waals surface area contributed by atoms with E-state index in [4.69, 9.17) is 10.00 Å². The minimum absolute atomic E-state index is 0.249. The second kappa shape index (κ2) is 5.22. The molecule has 1 aromatic heterocycles. The summed E-state index contributed by atoms with van der Waals surface area (Å²) in [5.41, 5.74) is 1.33. The van der Waals surface area contributed by atoms with Crippen LogP contribution in [0.25, 0.3) is 0 Å². The summed E-state index contributed by atoms with van der Waals surface area (Å²) >= 11 is 0. The Kier molecular flexibility index (Phi) is 3.68. The predicted octanol–water partition coefficient (Wildman–Crippen LogP) is 2.70. The number of rotatable bonds is 2. The van der Waals surface area contributed by atoms with Crippen LogP contribution in [0.5, 0.6) is 5.88 Å². The SMILES string of the molecule is Cc1nn(C)c(OC2CCCCCC2)c1C#N. The van der Waals surface area contributed by atoms with Gasteiger partial charge in [-0.1, -0.05) is 12.8 Å². The molecule has 1 aliphatic carbocycles. The third-order valence-electron chi connectivity index (χ3n) is 3.36. The predicted molar refractivity (Wildman–Crippen MR) is 64.8 cm³/mol. The maximum atomic E-state index is 9.11. The molecular formula is C13H19N3O. The molecule has 0 aromatic carbocycles. The number of hydrogen-bond acceptors (Lipinski definition) is 3. The Bertz CT molecular complexity index is 423. The molecule has 1 aliphatic rings. The van der Waals surface area contributed by atoms with E-state index in [-0.39, 0.29) is 6.10 Å². The quantitative estimate of drug-likeness (QED) is 0.738. The van der Waals surface area contributed by atoms with E-state index in [9.17, 15) is 0 Å². The van der Waals surface area contributed by atoms with E-state index in [1.54, 1.807) is 4.68 Å². The maximum Gasteiger partial charge on any atom is 0.230 e. The van der Waals surface area contributed by atoms with Crippen molar-refractivity contribution in [3.8, 4) is 11.9 Å². The third-order valence-corrected chi connectivity index (χ3v) is 3.36. The molecule has 1 heterocycles. The summed E-state index contributed by atoms with van der Waals surface area (Å²) in [7, 11) is 1.83. The van der Waals surface area contributed by atoms with Crippen LogP contribution in [0.4, 0.5) is 0 Å². The summed E-state index contributed by atoms with van der Waals surface area (Å²) in [6.07, 6.45) is 7.49. The Morgan fingerprint density at radius 2 is 1.94 bits per heavy atom. The Balaban J connectivity index is 2.14. The standard InChI is InChI=1S/C13H19N3O/c1-10-12(9-14)13(16(2)15-10)17-11-7-5-3-4-6-8-11/h11H,3-8H2,1-2H3. The lowest BCUT2D eigenvalue weighted by Crippen LogP contribution is -2.17. The molecule has 4 nitrogen and oxygen atoms in total. The van der Waals surface area contributed by atoms with Crippen LogP contribution in [0.1, 0.15) is 49.8 Å². The normalized spacial score (nSPS) is 17.5. The van der Waals surface area contributed by atoms with Crippen LogP contribution in [0.3, 0.4) is 0 Å². The zero-order valence-corrected chi connectivity index (χ0v) is 10.6. The van der Waals surface area contributed by atoms with Crippen LogP contribution >= 0.6 is 0 Å². The second-order valence-electron chi connectivity index (χ2n) is 4.73. The fourth-order valence-electron chi connectivity index (χ4n) is 2.42. The molecule has 4 heteroatoms. The average Bonchev–Trinajstić information content (AvgIpc) is 2.50. The van der Waals surface area contributed by atoms with Gasteiger partial charge < -0.3 is 4.74 Å². The molecule has 92 valence electrons. The summed E-state index contributed by atoms with van der Waals surface area (Å²) in [5.74, 6) is 0.636. The maximum absolute atomic E-state index is 9.11. The summed E-state index contributed by atoms with van der Waals surface area (Å²) in [4.78, 5) is 0. The zero-order valence-electron chi connectivity index (χ0n) is 10.6. The van der Waals surface area contributed by atoms with E-state index in [1.807, 2.05) is 14.0 Å². The van der Waals surface area contributed by atoms with Crippen molar-refractivity contribution in [1.29, 1.82) is 5.26 Å². The Morgan fingerprint density at radius 3 is 2.53 bits per heavy atom. The molecular weight excluding hydrogens is 214 g/mol. The average molecular weight is 233 g/mol. The first-order chi connectivity index (χ1) is 8.22. The van der Waals surface area contributed by atoms with Crippen molar-refractivity contribution in [2.24, 2.45) is 7.05 Å². The zero-order chi connectivity index (χ0) is 12.3. The molecule has 0 N–H and O–H groups in total. The van der Waals surface area contributed by atoms with Crippen LogP contribution in [0, 0.1) is 18.3 Å². The summed E-state index contributed by atoms with van der Waals surface area (Å²) < 4.78 is 7.67. The molecule has 1 saturated carbocycles. The lowest BCUT2D eigenvalue weighted by molar-refractivity contribution is 0.168. The van der Waals surface area contributed by atoms with Crippen molar-refractivity contribution >= 4 is 0 Å². The van der Waals surface area contributed by atoms with Gasteiger partial charge in [0.15, 0.2) is 0 Å². The van der Waals surface area contributed by atoms with E-state index in [1.165, 1.54) is 25.7 Å². The molecule has 0 spiro atoms. The van der Waals surface area contributed by atoms with Crippen molar-refractivity contribution in [2.45, 2.75) is 51.6 Å². The number of hydrogen-bond donors (Lipinski definition) is 0. The third kappa shape index (κ3) is 2.60. The molecule has 0 radical (unpaired) electrons. The van der Waals surface area contributed by atoms with Gasteiger partial charge in [0.1, 0.15) is 17.7 Å². The van der Waals surface area contributed by atoms with Gasteiger partial charge in [-0.15, -0.1) is 0 Å². The smallest absolute Gasteiger partial charge is 0.230 e. The number of aryl methyl sites for hydroxylation is 2. The Morgan fingerprint density at radius 1 is 1.29 bits per heavy atom. The summed E-state index contributed by atoms with van der Waals surface area (Å²) in [6.45, 7) is 1.85. The van der Waals surface area contributed by atoms with Crippen molar-refractivity contribution in [1.82, 2.24) is 9.78 Å². The van der Waals surface area contributed by atoms with Crippen LogP contribution in [0.2, 0.25) is 0 Å². The van der Waals surface area contributed by atoms with Crippen molar-refractivity contribution in [3.05, 3.63) is 11.3 Å². The number of nitriles is 1. The highest BCUT2D eigenvalue weighted by Crippen LogP contribution is 2.26. The fourth-order valence-corrected chi connectivity index (χ4v) is 2.42. The summed E-state index contributed by atoms with van der Waals surface area (Å²) in [6, 6.07) is 2.18. The van der Waals surface area contributed by atoms with E-state index in [2.05, 4.69) is 11.2 Å². The molecule has 17 heavy (non-hydrogen) atoms. The van der Waals surface area contributed by atoms with Crippen molar-refractivity contribution in [2.75, 3.05) is 0 Å². The van der Waals surface area contributed by atoms with Gasteiger partial charge in [0, 0.05) is 7.05 Å². The van der Waals surface area contributed by atoms with Gasteiger partial charge in [-0.05, 0) is 32.6 Å². The molecule has 0 aliphatic heterocycles. The van der Waals surface area contributed by atoms with Gasteiger partial charge in [-0.25, -0.2) is 4.68 Å². The Hall–Kier alpha value is -1.50. The van der Waals surface area contributed by atoms with E-state index < -0.39 is 0 Å². The van der Waals surface area contributed by atoms with Gasteiger partial charge in [0.2, 0.25) is 5.88 Å². The van der Waals surface area contributed by atoms with Gasteiger partial charge in [-0.3, -0.25) is 0 Å². The van der Waals surface area contributed by atoms with Crippen molar-refractivity contribution in [3.63, 3.8) is 0 Å². The van der Waals surface area contributed by atoms with E-state index >= 15 is 0 Å². The lowest BCUT2D eigenvalue weighted by atomic mass is 10.1. The van der Waals surface area contributed by atoms with Crippen LogP contribution < -0.4 is 4.74 Å². The molecule has 0 atom stereocenters. The second-order valence-corrected chi connectivity index (χ2v) is 4.73. The fraction of sp³-hybridized carbons (Fsp3) is 0.692. The monoisotopic (exact) mass is 233 g/mol. The molecule has 0 unspecified atom stereocenters. The lowest BCUT2D eigenvalue weighted by Gasteiger charge is -2.16. The first-order valence-corrected chi connectivity index (χ1v) is 6.32. The number of aromatic nitrogens is 2. The van der Waals surface area contributed by atoms with Crippen LogP contribution in [0.15, 0.2) is 0 Å². The van der Waals surface area contributed by atoms with Gasteiger partial charge >= 0.3 is 0 Å². The van der Waals surface area contributed by atoms with E-state index in [0.717, 1.165) is 18.5 Å². The summed E-state index contributed by atoms with van der Waals surface area (Å²) in [5, 5.41) is 13.4. The first-order valence-electron chi connectivity index (χ1n) is 6.32. The minimum atomic E-state index is 0.249. The van der Waals surface area contributed by atoms with Gasteiger partial charge in [0.05, 0.1) is 5.69 Å². The van der Waals surface area contributed by atoms with Crippen LogP contribution in [-0.4, -0.2) is 15.9 Å². The van der Waals surface area contributed by atoms with E-state index in [0.29, 0.717) is 11.4 Å². The topological polar surface area (TPSA) is 50.8 Å². The minimum Gasteiger partial charge on any atom is -0.474 e. The largest absolute Gasteiger partial charge is 0.474 e. The van der Waals surface area contributed by atoms with Gasteiger partial charge in [0.25, 0.3) is 0 Å². The van der Waals surface area contributed by atoms with Crippen molar-refractivity contribution < 1.29 is 4.74 Å². The molecule has 0 amide bonds. The molecule has 0 bridgehead atoms. The molecule has 2 rings (SSSR count). The van der Waals surface area contributed by atoms with Crippen LogP contribution in [-0.2, 0) is 7.05 Å². The number of ether oxygens (including phenoxy) is 1. The number of nitrogens with zero attached hydrogens (tertiary/aromatic N) is 3. The highest BCUT2D eigenvalue weighted by atomic mass is 16.5. The first kappa shape index (κ1) is 12.0. The highest BCUT2D eigenvalue weighted by molar-refractivity contribution is 5.42. The highest BCUT2D eigenvalue weighted by Gasteiger charge is 2.20. The Labute approximate surface area is 102 Å². The van der Waals surface area contributed by atoms with Gasteiger partial charge in [-0.2, -0.15) is 10.4 Å². The molecule has 1 fully saturated rings. The molecule has 1 aromatic rings.